The van der Waals surface area contributed by atoms with Gasteiger partial charge in [-0.1, -0.05) is 113 Å². The minimum atomic E-state index is -4.39. The number of rotatable bonds is 17. The van der Waals surface area contributed by atoms with E-state index in [-0.39, 0.29) is 16.8 Å². The molecule has 0 amide bonds. The van der Waals surface area contributed by atoms with Crippen LogP contribution in [0.25, 0.3) is 10.8 Å². The molecule has 3 aliphatic rings. The van der Waals surface area contributed by atoms with Gasteiger partial charge in [-0.05, 0) is 87.2 Å². The molecule has 0 N–H and O–H groups in total. The Morgan fingerprint density at radius 2 is 1.41 bits per heavy atom. The van der Waals surface area contributed by atoms with E-state index in [1.165, 1.54) is 81.9 Å². The quantitative estimate of drug-likeness (QED) is 0.0453. The molecule has 2 unspecified atom stereocenters. The average molecular weight is 819 g/mol. The Bertz CT molecular complexity index is 2300. The summed E-state index contributed by atoms with van der Waals surface area (Å²) in [6.07, 6.45) is 20.8. The molecular weight excluding hydrogens is 757 g/mol. The molecule has 2 heterocycles. The number of ether oxygens (including phenoxy) is 2. The van der Waals surface area contributed by atoms with E-state index in [1.807, 2.05) is 36.4 Å². The third-order valence-electron chi connectivity index (χ3n) is 12.1. The molecule has 1 spiro atoms. The van der Waals surface area contributed by atoms with E-state index in [4.69, 9.17) is 9.47 Å². The molecule has 0 aromatic heterocycles. The first-order valence-corrected chi connectivity index (χ1v) is 23.4. The lowest BCUT2D eigenvalue weighted by atomic mass is 9.71. The maximum absolute atomic E-state index is 13.0. The maximum atomic E-state index is 13.0. The molecule has 0 saturated heterocycles. The van der Waals surface area contributed by atoms with Gasteiger partial charge >= 0.3 is 5.97 Å². The summed E-state index contributed by atoms with van der Waals surface area (Å²) in [5.41, 5.74) is 4.99. The molecule has 0 radical (unpaired) electrons. The van der Waals surface area contributed by atoms with Gasteiger partial charge in [0.25, 0.3) is 0 Å². The van der Waals surface area contributed by atoms with Crippen LogP contribution in [-0.4, -0.2) is 55.4 Å². The number of esters is 1. The first kappa shape index (κ1) is 43.8. The standard InChI is InChI=1S/C28H31N2O3.C22H32O3S/c1-5-29(6-2)19-13-15-23-25(17-19)32-26-18-20(30(7-3)8-4)14-16-24(26)28(23)22-12-10-9-11-21(22)27(31)33-28;1-2-3-4-5-6-7-8-9-10-11-12-19-13-14-21-18-22(26(23,24)25)16-15-20(21)17-19/h9-18,23H,5-8H2,1-4H3;13-18H,2-12H2,1H3,(H,23,24,25)/q+1;/p-1. The zero-order chi connectivity index (χ0) is 42.0. The van der Waals surface area contributed by atoms with Crippen LogP contribution in [0.1, 0.15) is 126 Å². The van der Waals surface area contributed by atoms with Crippen LogP contribution in [0.4, 0.5) is 5.69 Å². The number of hydrogen-bond acceptors (Lipinski definition) is 7. The summed E-state index contributed by atoms with van der Waals surface area (Å²) < 4.78 is 48.5. The summed E-state index contributed by atoms with van der Waals surface area (Å²) in [5, 5.41) is 1.79. The minimum absolute atomic E-state index is 0.160. The molecule has 1 aliphatic carbocycles. The third kappa shape index (κ3) is 9.84. The van der Waals surface area contributed by atoms with Crippen LogP contribution in [-0.2, 0) is 26.9 Å². The van der Waals surface area contributed by atoms with Gasteiger partial charge in [0.15, 0.2) is 5.60 Å². The molecule has 59 heavy (non-hydrogen) atoms. The summed E-state index contributed by atoms with van der Waals surface area (Å²) in [5.74, 6) is 1.06. The van der Waals surface area contributed by atoms with Gasteiger partial charge < -0.3 is 18.9 Å². The Morgan fingerprint density at radius 1 is 0.746 bits per heavy atom. The summed E-state index contributed by atoms with van der Waals surface area (Å²) in [6, 6.07) is 24.7. The van der Waals surface area contributed by atoms with E-state index in [0.29, 0.717) is 5.56 Å². The highest BCUT2D eigenvalue weighted by Crippen LogP contribution is 2.56. The molecule has 0 saturated carbocycles. The van der Waals surface area contributed by atoms with Crippen LogP contribution in [0, 0.1) is 5.92 Å². The predicted molar refractivity (Wildman–Crippen MR) is 238 cm³/mol. The van der Waals surface area contributed by atoms with E-state index in [0.717, 1.165) is 77.4 Å². The number of nitrogens with zero attached hydrogens (tertiary/aromatic N) is 2. The first-order valence-electron chi connectivity index (χ1n) is 22.0. The van der Waals surface area contributed by atoms with Crippen LogP contribution in [0.5, 0.6) is 5.75 Å². The highest BCUT2D eigenvalue weighted by molar-refractivity contribution is 7.85. The van der Waals surface area contributed by atoms with Gasteiger partial charge in [-0.25, -0.2) is 17.8 Å². The predicted octanol–water partition coefficient (Wildman–Crippen LogP) is 11.1. The van der Waals surface area contributed by atoms with Gasteiger partial charge in [0, 0.05) is 48.1 Å². The lowest BCUT2D eigenvalue weighted by molar-refractivity contribution is -0.519. The van der Waals surface area contributed by atoms with Gasteiger partial charge in [-0.3, -0.25) is 0 Å². The highest BCUT2D eigenvalue weighted by atomic mass is 32.2. The minimum Gasteiger partial charge on any atom is -0.744 e. The van der Waals surface area contributed by atoms with E-state index < -0.39 is 15.7 Å². The van der Waals surface area contributed by atoms with E-state index >= 15 is 0 Å². The van der Waals surface area contributed by atoms with E-state index in [1.54, 1.807) is 6.07 Å². The van der Waals surface area contributed by atoms with Crippen LogP contribution < -0.4 is 9.64 Å². The number of unbranched alkanes of at least 4 members (excludes halogenated alkanes) is 9. The van der Waals surface area contributed by atoms with Crippen LogP contribution >= 0.6 is 0 Å². The van der Waals surface area contributed by atoms with Crippen molar-refractivity contribution in [2.45, 2.75) is 116 Å². The molecule has 0 fully saturated rings. The highest BCUT2D eigenvalue weighted by Gasteiger charge is 2.57. The van der Waals surface area contributed by atoms with Gasteiger partial charge in [-0.2, -0.15) is 0 Å². The van der Waals surface area contributed by atoms with E-state index in [9.17, 15) is 17.8 Å². The van der Waals surface area contributed by atoms with Crippen molar-refractivity contribution in [3.63, 3.8) is 0 Å². The number of fused-ring (bicyclic) bond motifs is 7. The SMILES string of the molecule is CCCCCCCCCCCCc1ccc2cc(S(=O)(=O)[O-])ccc2c1.CCN(CC)c1ccc2c(c1)OC1=CC(=[N+](CC)CC)C=CC1C21OC(=O)c2ccccc21. The number of anilines is 1. The number of carbonyl (C=O) groups is 1. The molecule has 4 aromatic rings. The fourth-order valence-corrected chi connectivity index (χ4v) is 9.35. The zero-order valence-corrected chi connectivity index (χ0v) is 36.5. The largest absolute Gasteiger partial charge is 0.744 e. The molecule has 8 nitrogen and oxygen atoms in total. The Labute approximate surface area is 352 Å². The molecule has 2 atom stereocenters. The van der Waals surface area contributed by atoms with Crippen molar-refractivity contribution in [1.82, 2.24) is 0 Å². The monoisotopic (exact) mass is 818 g/mol. The smallest absolute Gasteiger partial charge is 0.339 e. The van der Waals surface area contributed by atoms with Crippen LogP contribution in [0.2, 0.25) is 0 Å². The molecule has 7 rings (SSSR count). The second-order valence-corrected chi connectivity index (χ2v) is 17.2. The lowest BCUT2D eigenvalue weighted by Gasteiger charge is -2.42. The van der Waals surface area contributed by atoms with Crippen molar-refractivity contribution < 1.29 is 31.8 Å². The molecular formula is C50H62N2O6S. The van der Waals surface area contributed by atoms with Gasteiger partial charge in [0.1, 0.15) is 34.7 Å². The number of allylic oxidation sites excluding steroid dienone is 2. The van der Waals surface area contributed by atoms with E-state index in [2.05, 4.69) is 86.6 Å². The zero-order valence-electron chi connectivity index (χ0n) is 35.7. The van der Waals surface area contributed by atoms with Crippen molar-refractivity contribution in [2.24, 2.45) is 5.92 Å². The number of benzene rings is 4. The number of carbonyl (C=O) groups excluding carboxylic acids is 1. The normalized spacial score (nSPS) is 17.7. The average Bonchev–Trinajstić information content (AvgIpc) is 3.53. The fraction of sp³-hybridized carbons (Fsp3) is 0.440. The molecule has 9 heteroatoms. The Morgan fingerprint density at radius 3 is 2.08 bits per heavy atom. The summed E-state index contributed by atoms with van der Waals surface area (Å²) in [7, 11) is -4.39. The topological polar surface area (TPSA) is 99.0 Å². The lowest BCUT2D eigenvalue weighted by Crippen LogP contribution is -2.43. The number of aryl methyl sites for hydroxylation is 1. The van der Waals surface area contributed by atoms with Crippen molar-refractivity contribution in [2.75, 3.05) is 31.1 Å². The Hall–Kier alpha value is -4.73. The number of hydrogen-bond donors (Lipinski definition) is 0. The Balaban J connectivity index is 0.000000205. The van der Waals surface area contributed by atoms with Crippen molar-refractivity contribution in [3.8, 4) is 5.75 Å². The van der Waals surface area contributed by atoms with Crippen molar-refractivity contribution >= 4 is 38.3 Å². The van der Waals surface area contributed by atoms with Gasteiger partial charge in [0.2, 0.25) is 5.71 Å². The Kier molecular flexibility index (Phi) is 14.9. The molecule has 2 aliphatic heterocycles. The van der Waals surface area contributed by atoms with Crippen molar-refractivity contribution in [1.29, 1.82) is 0 Å². The fourth-order valence-electron chi connectivity index (χ4n) is 8.84. The maximum Gasteiger partial charge on any atom is 0.339 e. The van der Waals surface area contributed by atoms with Crippen LogP contribution in [0.15, 0.2) is 108 Å². The van der Waals surface area contributed by atoms with Crippen molar-refractivity contribution in [3.05, 3.63) is 125 Å². The molecule has 0 bridgehead atoms. The molecule has 4 aromatic carbocycles. The molecule has 314 valence electrons. The first-order chi connectivity index (χ1) is 28.6. The second-order valence-electron chi connectivity index (χ2n) is 15.8. The second kappa shape index (κ2) is 20.0. The summed E-state index contributed by atoms with van der Waals surface area (Å²) in [6.45, 7) is 14.5. The van der Waals surface area contributed by atoms with Gasteiger partial charge in [0.05, 0.1) is 16.4 Å². The van der Waals surface area contributed by atoms with Crippen LogP contribution in [0.3, 0.4) is 0 Å². The summed E-state index contributed by atoms with van der Waals surface area (Å²) >= 11 is 0. The third-order valence-corrected chi connectivity index (χ3v) is 13.0. The van der Waals surface area contributed by atoms with Gasteiger partial charge in [-0.15, -0.1) is 0 Å². The summed E-state index contributed by atoms with van der Waals surface area (Å²) in [4.78, 5) is 15.2.